The van der Waals surface area contributed by atoms with Gasteiger partial charge in [-0.15, -0.1) is 0 Å². The predicted octanol–water partition coefficient (Wildman–Crippen LogP) is 2.89. The van der Waals surface area contributed by atoms with Gasteiger partial charge in [0.05, 0.1) is 11.8 Å². The third kappa shape index (κ3) is 3.54. The van der Waals surface area contributed by atoms with E-state index < -0.39 is 0 Å². The van der Waals surface area contributed by atoms with E-state index in [0.717, 1.165) is 24.2 Å². The van der Waals surface area contributed by atoms with Gasteiger partial charge in [0, 0.05) is 29.0 Å². The highest BCUT2D eigenvalue weighted by atomic mass is 35.5. The Hall–Kier alpha value is -2.34. The lowest BCUT2D eigenvalue weighted by Gasteiger charge is -2.39. The Morgan fingerprint density at radius 3 is 2.76 bits per heavy atom. The number of nitrogens with zero attached hydrogens (tertiary/aromatic N) is 3. The number of hydrogen-bond acceptors (Lipinski definition) is 3. The van der Waals surface area contributed by atoms with Crippen LogP contribution in [0.3, 0.4) is 0 Å². The van der Waals surface area contributed by atoms with E-state index in [1.807, 2.05) is 26.0 Å². The molecule has 1 fully saturated rings. The van der Waals surface area contributed by atoms with Crippen LogP contribution in [0.5, 0.6) is 0 Å². The normalized spacial score (nSPS) is 17.9. The molecule has 2 amide bonds. The first kappa shape index (κ1) is 17.5. The number of halogens is 1. The quantitative estimate of drug-likeness (QED) is 0.911. The van der Waals surface area contributed by atoms with Crippen molar-refractivity contribution in [2.45, 2.75) is 32.7 Å². The average Bonchev–Trinajstić information content (AvgIpc) is 3.05. The topological polar surface area (TPSA) is 69.3 Å². The molecule has 1 saturated heterocycles. The van der Waals surface area contributed by atoms with E-state index in [-0.39, 0.29) is 24.4 Å². The molecule has 0 radical (unpaired) electrons. The van der Waals surface area contributed by atoms with E-state index in [9.17, 15) is 9.59 Å². The highest BCUT2D eigenvalue weighted by molar-refractivity contribution is 6.30. The molecule has 1 N–H and O–H groups in total. The van der Waals surface area contributed by atoms with Crippen LogP contribution in [0.25, 0.3) is 0 Å². The van der Waals surface area contributed by atoms with Gasteiger partial charge in [0.15, 0.2) is 0 Å². The SMILES string of the molecule is CCCc1[nH]ncc1C(=O)N1CC(=O)N(c2ccc(Cl)cc2)C[C@H]1C. The van der Waals surface area contributed by atoms with Crippen molar-refractivity contribution < 1.29 is 9.59 Å². The summed E-state index contributed by atoms with van der Waals surface area (Å²) in [7, 11) is 0. The second-order valence-corrected chi connectivity index (χ2v) is 6.71. The average molecular weight is 361 g/mol. The Kier molecular flexibility index (Phi) is 5.08. The van der Waals surface area contributed by atoms with Crippen LogP contribution in [0.4, 0.5) is 5.69 Å². The summed E-state index contributed by atoms with van der Waals surface area (Å²) in [6.07, 6.45) is 3.23. The minimum absolute atomic E-state index is 0.0549. The molecule has 6 nitrogen and oxygen atoms in total. The summed E-state index contributed by atoms with van der Waals surface area (Å²) < 4.78 is 0. The van der Waals surface area contributed by atoms with Gasteiger partial charge < -0.3 is 9.80 Å². The molecule has 1 aromatic heterocycles. The first-order valence-electron chi connectivity index (χ1n) is 8.40. The molecule has 1 aromatic carbocycles. The van der Waals surface area contributed by atoms with E-state index in [1.54, 1.807) is 28.1 Å². The molecule has 2 heterocycles. The van der Waals surface area contributed by atoms with E-state index in [0.29, 0.717) is 17.1 Å². The number of aromatic amines is 1. The van der Waals surface area contributed by atoms with Crippen LogP contribution < -0.4 is 4.90 Å². The van der Waals surface area contributed by atoms with E-state index in [2.05, 4.69) is 10.2 Å². The lowest BCUT2D eigenvalue weighted by molar-refractivity contribution is -0.121. The number of benzene rings is 1. The molecule has 0 bridgehead atoms. The molecular formula is C18H21ClN4O2. The van der Waals surface area contributed by atoms with Gasteiger partial charge in [-0.2, -0.15) is 5.10 Å². The number of aromatic nitrogens is 2. The fraction of sp³-hybridized carbons (Fsp3) is 0.389. The van der Waals surface area contributed by atoms with Gasteiger partial charge in [0.2, 0.25) is 5.91 Å². The van der Waals surface area contributed by atoms with Crippen LogP contribution in [-0.2, 0) is 11.2 Å². The number of carbonyl (C=O) groups excluding carboxylic acids is 2. The van der Waals surface area contributed by atoms with Gasteiger partial charge in [-0.05, 0) is 37.6 Å². The lowest BCUT2D eigenvalue weighted by atomic mass is 10.1. The lowest BCUT2D eigenvalue weighted by Crippen LogP contribution is -2.57. The monoisotopic (exact) mass is 360 g/mol. The van der Waals surface area contributed by atoms with Crippen LogP contribution in [-0.4, -0.2) is 46.0 Å². The van der Waals surface area contributed by atoms with Crippen molar-refractivity contribution in [2.24, 2.45) is 0 Å². The van der Waals surface area contributed by atoms with E-state index >= 15 is 0 Å². The summed E-state index contributed by atoms with van der Waals surface area (Å²) in [5.74, 6) is -0.247. The number of amides is 2. The van der Waals surface area contributed by atoms with Crippen LogP contribution >= 0.6 is 11.6 Å². The third-order valence-corrected chi connectivity index (χ3v) is 4.69. The molecule has 132 valence electrons. The van der Waals surface area contributed by atoms with Gasteiger partial charge >= 0.3 is 0 Å². The van der Waals surface area contributed by atoms with Crippen LogP contribution in [0.15, 0.2) is 30.5 Å². The first-order chi connectivity index (χ1) is 12.0. The van der Waals surface area contributed by atoms with Crippen molar-refractivity contribution in [3.05, 3.63) is 46.7 Å². The maximum atomic E-state index is 12.9. The molecule has 0 unspecified atom stereocenters. The highest BCUT2D eigenvalue weighted by Gasteiger charge is 2.34. The second-order valence-electron chi connectivity index (χ2n) is 6.28. The number of carbonyl (C=O) groups is 2. The van der Waals surface area contributed by atoms with Crippen LogP contribution in [0.1, 0.15) is 36.3 Å². The van der Waals surface area contributed by atoms with Crippen molar-refractivity contribution >= 4 is 29.1 Å². The first-order valence-corrected chi connectivity index (χ1v) is 8.78. The number of piperazine rings is 1. The zero-order valence-electron chi connectivity index (χ0n) is 14.3. The smallest absolute Gasteiger partial charge is 0.258 e. The molecule has 2 aromatic rings. The molecule has 1 atom stereocenters. The maximum Gasteiger partial charge on any atom is 0.258 e. The largest absolute Gasteiger partial charge is 0.325 e. The maximum absolute atomic E-state index is 12.9. The van der Waals surface area contributed by atoms with Gasteiger partial charge in [-0.3, -0.25) is 14.7 Å². The number of rotatable bonds is 4. The zero-order chi connectivity index (χ0) is 18.0. The molecule has 1 aliphatic rings. The predicted molar refractivity (Wildman–Crippen MR) is 96.9 cm³/mol. The Balaban J connectivity index is 1.78. The van der Waals surface area contributed by atoms with Crippen molar-refractivity contribution in [3.63, 3.8) is 0 Å². The third-order valence-electron chi connectivity index (χ3n) is 4.43. The summed E-state index contributed by atoms with van der Waals surface area (Å²) in [6, 6.07) is 7.06. The second kappa shape index (κ2) is 7.27. The molecule has 0 spiro atoms. The standard InChI is InChI=1S/C18H21ClN4O2/c1-3-4-16-15(9-20-21-16)18(25)22-11-17(24)23(10-12(22)2)14-7-5-13(19)6-8-14/h5-9,12H,3-4,10-11H2,1-2H3,(H,20,21)/t12-/m1/s1. The number of nitrogens with one attached hydrogen (secondary N) is 1. The van der Waals surface area contributed by atoms with Crippen LogP contribution in [0.2, 0.25) is 5.02 Å². The fourth-order valence-corrected chi connectivity index (χ4v) is 3.21. The van der Waals surface area contributed by atoms with Crippen molar-refractivity contribution in [1.29, 1.82) is 0 Å². The molecule has 7 heteroatoms. The highest BCUT2D eigenvalue weighted by Crippen LogP contribution is 2.23. The van der Waals surface area contributed by atoms with Crippen LogP contribution in [0, 0.1) is 0 Å². The zero-order valence-corrected chi connectivity index (χ0v) is 15.1. The Morgan fingerprint density at radius 1 is 1.36 bits per heavy atom. The fourth-order valence-electron chi connectivity index (χ4n) is 3.09. The summed E-state index contributed by atoms with van der Waals surface area (Å²) in [5.41, 5.74) is 2.18. The summed E-state index contributed by atoms with van der Waals surface area (Å²) in [6.45, 7) is 4.51. The Bertz CT molecular complexity index is 772. The summed E-state index contributed by atoms with van der Waals surface area (Å²) in [4.78, 5) is 28.8. The number of aryl methyl sites for hydroxylation is 1. The number of hydrogen-bond donors (Lipinski definition) is 1. The number of H-pyrrole nitrogens is 1. The van der Waals surface area contributed by atoms with Gasteiger partial charge in [0.1, 0.15) is 6.54 Å². The van der Waals surface area contributed by atoms with Crippen molar-refractivity contribution in [2.75, 3.05) is 18.0 Å². The summed E-state index contributed by atoms with van der Waals surface area (Å²) in [5, 5.41) is 7.50. The van der Waals surface area contributed by atoms with Crippen molar-refractivity contribution in [1.82, 2.24) is 15.1 Å². The molecular weight excluding hydrogens is 340 g/mol. The van der Waals surface area contributed by atoms with Gasteiger partial charge in [-0.25, -0.2) is 0 Å². The summed E-state index contributed by atoms with van der Waals surface area (Å²) >= 11 is 5.91. The van der Waals surface area contributed by atoms with Gasteiger partial charge in [0.25, 0.3) is 5.91 Å². The Labute approximate surface area is 151 Å². The molecule has 3 rings (SSSR count). The van der Waals surface area contributed by atoms with Gasteiger partial charge in [-0.1, -0.05) is 24.9 Å². The Morgan fingerprint density at radius 2 is 2.08 bits per heavy atom. The minimum atomic E-state index is -0.145. The molecule has 0 saturated carbocycles. The van der Waals surface area contributed by atoms with Crippen molar-refractivity contribution in [3.8, 4) is 0 Å². The molecule has 1 aliphatic heterocycles. The van der Waals surface area contributed by atoms with E-state index in [4.69, 9.17) is 11.6 Å². The minimum Gasteiger partial charge on any atom is -0.325 e. The van der Waals surface area contributed by atoms with E-state index in [1.165, 1.54) is 0 Å². The number of anilines is 1. The molecule has 25 heavy (non-hydrogen) atoms. The molecule has 0 aliphatic carbocycles.